The number of aromatic nitrogens is 2. The number of hydrogen-bond donors (Lipinski definition) is 2. The molecule has 0 aliphatic carbocycles. The van der Waals surface area contributed by atoms with E-state index in [-0.39, 0.29) is 35.9 Å². The van der Waals surface area contributed by atoms with E-state index in [1.165, 1.54) is 17.0 Å². The van der Waals surface area contributed by atoms with Gasteiger partial charge in [-0.2, -0.15) is 4.31 Å². The topological polar surface area (TPSA) is 108 Å². The molecule has 1 aromatic carbocycles. The van der Waals surface area contributed by atoms with Gasteiger partial charge in [0.15, 0.2) is 6.61 Å². The number of piperidine rings is 1. The second-order valence-electron chi connectivity index (χ2n) is 9.98. The lowest BCUT2D eigenvalue weighted by Gasteiger charge is -2.33. The summed E-state index contributed by atoms with van der Waals surface area (Å²) in [5, 5.41) is 3.97. The molecule has 0 unspecified atom stereocenters. The van der Waals surface area contributed by atoms with E-state index < -0.39 is 10.0 Å². The molecular formula is C26H32ClN5O4S. The lowest BCUT2D eigenvalue weighted by Crippen LogP contribution is -2.40. The molecule has 2 fully saturated rings. The highest BCUT2D eigenvalue weighted by Crippen LogP contribution is 2.35. The molecule has 2 N–H and O–H groups in total. The Hall–Kier alpha value is -2.66. The zero-order valence-corrected chi connectivity index (χ0v) is 22.2. The van der Waals surface area contributed by atoms with Crippen LogP contribution in [0.15, 0.2) is 47.8 Å². The Morgan fingerprint density at radius 3 is 2.78 bits per heavy atom. The first kappa shape index (κ1) is 26.0. The molecule has 0 saturated carbocycles. The van der Waals surface area contributed by atoms with Crippen molar-refractivity contribution in [3.8, 4) is 5.75 Å². The minimum Gasteiger partial charge on any atom is -0.482 e. The second-order valence-corrected chi connectivity index (χ2v) is 11.9. The highest BCUT2D eigenvalue weighted by atomic mass is 35.5. The highest BCUT2D eigenvalue weighted by Gasteiger charge is 2.36. The lowest BCUT2D eigenvalue weighted by atomic mass is 9.89. The van der Waals surface area contributed by atoms with Crippen LogP contribution in [-0.2, 0) is 14.8 Å². The first-order valence-electron chi connectivity index (χ1n) is 12.7. The number of nitrogens with one attached hydrogen (secondary N) is 2. The van der Waals surface area contributed by atoms with E-state index in [0.717, 1.165) is 57.3 Å². The fourth-order valence-electron chi connectivity index (χ4n) is 5.90. The van der Waals surface area contributed by atoms with E-state index in [1.807, 2.05) is 12.4 Å². The fourth-order valence-corrected chi connectivity index (χ4v) is 7.65. The Balaban J connectivity index is 0.00000280. The number of aromatic amines is 1. The van der Waals surface area contributed by atoms with E-state index in [1.54, 1.807) is 16.4 Å². The standard InChI is InChI=1S/C26H31N5O4S.ClH/c32-26-17-35-25-4-3-20(14-23(25)29-26)36(33,34)31-10-1-2-19(31)8-13-30-11-6-18(7-12-30)22-15-28-24-16-27-9-5-21(22)24;/h3-5,9,14-16,18-19,28H,1-2,6-8,10-13,17H2,(H,29,32);1H/t19-;/m1./s1. The average Bonchev–Trinajstić information content (AvgIpc) is 3.55. The van der Waals surface area contributed by atoms with Crippen LogP contribution in [0.1, 0.15) is 43.6 Å². The van der Waals surface area contributed by atoms with Crippen molar-refractivity contribution in [2.75, 3.05) is 38.1 Å². The van der Waals surface area contributed by atoms with Gasteiger partial charge in [-0.3, -0.25) is 9.78 Å². The van der Waals surface area contributed by atoms with Crippen LogP contribution in [0.25, 0.3) is 10.9 Å². The van der Waals surface area contributed by atoms with Crippen LogP contribution in [-0.4, -0.2) is 72.3 Å². The first-order chi connectivity index (χ1) is 17.5. The van der Waals surface area contributed by atoms with Crippen molar-refractivity contribution < 1.29 is 17.9 Å². The maximum Gasteiger partial charge on any atom is 0.262 e. The number of H-pyrrole nitrogens is 1. The number of carbonyl (C=O) groups is 1. The van der Waals surface area contributed by atoms with Gasteiger partial charge in [0, 0.05) is 30.4 Å². The summed E-state index contributed by atoms with van der Waals surface area (Å²) in [5.74, 6) is 0.759. The molecule has 5 heterocycles. The molecule has 3 aromatic rings. The number of amides is 1. The third-order valence-corrected chi connectivity index (χ3v) is 9.78. The Bertz CT molecular complexity index is 1390. The number of likely N-dealkylation sites (tertiary alicyclic amines) is 1. The van der Waals surface area contributed by atoms with Crippen LogP contribution in [0.3, 0.4) is 0 Å². The van der Waals surface area contributed by atoms with Crippen LogP contribution in [0, 0.1) is 0 Å². The van der Waals surface area contributed by atoms with Gasteiger partial charge in [-0.05, 0) is 87.5 Å². The third-order valence-electron chi connectivity index (χ3n) is 7.83. The number of rotatable bonds is 6. The smallest absolute Gasteiger partial charge is 0.262 e. The molecule has 1 atom stereocenters. The third kappa shape index (κ3) is 5.07. The van der Waals surface area contributed by atoms with Crippen LogP contribution < -0.4 is 10.1 Å². The molecule has 0 radical (unpaired) electrons. The number of nitrogens with zero attached hydrogens (tertiary/aromatic N) is 3. The quantitative estimate of drug-likeness (QED) is 0.488. The number of carbonyl (C=O) groups excluding carboxylic acids is 1. The van der Waals surface area contributed by atoms with Gasteiger partial charge in [0.1, 0.15) is 5.75 Å². The van der Waals surface area contributed by atoms with E-state index >= 15 is 0 Å². The molecular weight excluding hydrogens is 514 g/mol. The minimum atomic E-state index is -3.65. The van der Waals surface area contributed by atoms with E-state index in [9.17, 15) is 13.2 Å². The number of hydrogen-bond acceptors (Lipinski definition) is 6. The number of pyridine rings is 1. The molecule has 2 aromatic heterocycles. The fraction of sp³-hybridized carbons (Fsp3) is 0.462. The average molecular weight is 546 g/mol. The van der Waals surface area contributed by atoms with Gasteiger partial charge < -0.3 is 19.9 Å². The normalized spacial score (nSPS) is 21.3. The van der Waals surface area contributed by atoms with Crippen molar-refractivity contribution in [1.82, 2.24) is 19.2 Å². The van der Waals surface area contributed by atoms with Crippen LogP contribution in [0.2, 0.25) is 0 Å². The highest BCUT2D eigenvalue weighted by molar-refractivity contribution is 7.89. The molecule has 1 amide bonds. The van der Waals surface area contributed by atoms with Gasteiger partial charge in [-0.25, -0.2) is 8.42 Å². The largest absolute Gasteiger partial charge is 0.482 e. The SMILES string of the molecule is Cl.O=C1COc2ccc(S(=O)(=O)N3CCC[C@@H]3CCN3CCC(c4c[nH]c5cnccc45)CC3)cc2N1. The summed E-state index contributed by atoms with van der Waals surface area (Å²) in [4.78, 5) is 21.9. The van der Waals surface area contributed by atoms with Crippen LogP contribution in [0.4, 0.5) is 5.69 Å². The second kappa shape index (κ2) is 10.6. The van der Waals surface area contributed by atoms with Crippen LogP contribution in [0.5, 0.6) is 5.75 Å². The number of ether oxygens (including phenoxy) is 1. The predicted molar refractivity (Wildman–Crippen MR) is 144 cm³/mol. The maximum atomic E-state index is 13.5. The molecule has 2 saturated heterocycles. The summed E-state index contributed by atoms with van der Waals surface area (Å²) >= 11 is 0. The van der Waals surface area contributed by atoms with Gasteiger partial charge in [0.25, 0.3) is 5.91 Å². The lowest BCUT2D eigenvalue weighted by molar-refractivity contribution is -0.118. The molecule has 0 spiro atoms. The molecule has 9 nitrogen and oxygen atoms in total. The summed E-state index contributed by atoms with van der Waals surface area (Å²) in [6.07, 6.45) is 10.6. The molecule has 11 heteroatoms. The number of benzene rings is 1. The zero-order chi connectivity index (χ0) is 24.7. The first-order valence-corrected chi connectivity index (χ1v) is 14.1. The van der Waals surface area contributed by atoms with Crippen molar-refractivity contribution in [2.45, 2.75) is 49.0 Å². The molecule has 37 heavy (non-hydrogen) atoms. The van der Waals surface area contributed by atoms with E-state index in [2.05, 4.69) is 32.4 Å². The number of anilines is 1. The monoisotopic (exact) mass is 545 g/mol. The molecule has 6 rings (SSSR count). The predicted octanol–water partition coefficient (Wildman–Crippen LogP) is 3.74. The Morgan fingerprint density at radius 1 is 1.11 bits per heavy atom. The van der Waals surface area contributed by atoms with Crippen molar-refractivity contribution in [3.63, 3.8) is 0 Å². The Labute approximate surface area is 223 Å². The van der Waals surface area contributed by atoms with Gasteiger partial charge in [0.05, 0.1) is 22.3 Å². The molecule has 198 valence electrons. The summed E-state index contributed by atoms with van der Waals surface area (Å²) < 4.78 is 34.0. The number of fused-ring (bicyclic) bond motifs is 2. The van der Waals surface area contributed by atoms with Crippen molar-refractivity contribution in [3.05, 3.63) is 48.4 Å². The number of sulfonamides is 1. The summed E-state index contributed by atoms with van der Waals surface area (Å²) in [6, 6.07) is 6.80. The van der Waals surface area contributed by atoms with Gasteiger partial charge in [-0.1, -0.05) is 0 Å². The summed E-state index contributed by atoms with van der Waals surface area (Å²) in [7, 11) is -3.65. The van der Waals surface area contributed by atoms with E-state index in [4.69, 9.17) is 4.74 Å². The minimum absolute atomic E-state index is 0. The summed E-state index contributed by atoms with van der Waals surface area (Å²) in [6.45, 7) is 3.42. The Kier molecular flexibility index (Phi) is 7.44. The Morgan fingerprint density at radius 2 is 1.95 bits per heavy atom. The van der Waals surface area contributed by atoms with Gasteiger partial charge in [0.2, 0.25) is 10.0 Å². The van der Waals surface area contributed by atoms with Crippen LogP contribution >= 0.6 is 12.4 Å². The van der Waals surface area contributed by atoms with Crippen molar-refractivity contribution >= 4 is 44.9 Å². The molecule has 3 aliphatic rings. The van der Waals surface area contributed by atoms with Crippen molar-refractivity contribution in [1.29, 1.82) is 0 Å². The zero-order valence-electron chi connectivity index (χ0n) is 20.6. The van der Waals surface area contributed by atoms with E-state index in [0.29, 0.717) is 23.9 Å². The van der Waals surface area contributed by atoms with Gasteiger partial charge >= 0.3 is 0 Å². The number of halogens is 1. The maximum absolute atomic E-state index is 13.5. The summed E-state index contributed by atoms with van der Waals surface area (Å²) in [5.41, 5.74) is 2.88. The molecule has 0 bridgehead atoms. The van der Waals surface area contributed by atoms with Gasteiger partial charge in [-0.15, -0.1) is 12.4 Å². The molecule has 3 aliphatic heterocycles. The van der Waals surface area contributed by atoms with Crippen molar-refractivity contribution in [2.24, 2.45) is 0 Å².